The van der Waals surface area contributed by atoms with Gasteiger partial charge in [-0.15, -0.1) is 0 Å². The topological polar surface area (TPSA) is 21.3 Å². The second-order valence-corrected chi connectivity index (χ2v) is 4.89. The van der Waals surface area contributed by atoms with Crippen molar-refractivity contribution in [3.05, 3.63) is 34.6 Å². The fourth-order valence-electron chi connectivity index (χ4n) is 1.78. The molecule has 1 atom stereocenters. The van der Waals surface area contributed by atoms with Gasteiger partial charge in [0.2, 0.25) is 0 Å². The largest absolute Gasteiger partial charge is 0.379 e. The predicted octanol–water partition coefficient (Wildman–Crippen LogP) is 2.75. The molecule has 1 N–H and O–H groups in total. The van der Waals surface area contributed by atoms with Crippen LogP contribution in [0.3, 0.4) is 0 Å². The van der Waals surface area contributed by atoms with Crippen LogP contribution in [-0.2, 0) is 11.3 Å². The minimum atomic E-state index is -0.262. The Balaban J connectivity index is 1.99. The van der Waals surface area contributed by atoms with Gasteiger partial charge in [-0.1, -0.05) is 17.7 Å². The van der Waals surface area contributed by atoms with E-state index in [9.17, 15) is 4.39 Å². The van der Waals surface area contributed by atoms with Crippen molar-refractivity contribution in [2.45, 2.75) is 25.4 Å². The van der Waals surface area contributed by atoms with Gasteiger partial charge in [0.25, 0.3) is 0 Å². The quantitative estimate of drug-likeness (QED) is 0.882. The van der Waals surface area contributed by atoms with Crippen LogP contribution in [0.4, 0.5) is 4.39 Å². The van der Waals surface area contributed by atoms with Crippen molar-refractivity contribution in [3.63, 3.8) is 0 Å². The molecule has 1 aromatic rings. The molecule has 2 nitrogen and oxygen atoms in total. The maximum atomic E-state index is 13.5. The molecule has 4 heteroatoms. The average Bonchev–Trinajstić information content (AvgIpc) is 2.64. The van der Waals surface area contributed by atoms with Gasteiger partial charge in [-0.3, -0.25) is 0 Å². The molecule has 16 heavy (non-hydrogen) atoms. The van der Waals surface area contributed by atoms with Gasteiger partial charge < -0.3 is 10.1 Å². The lowest BCUT2D eigenvalue weighted by Crippen LogP contribution is -2.42. The molecule has 1 aliphatic heterocycles. The Morgan fingerprint density at radius 1 is 1.56 bits per heavy atom. The van der Waals surface area contributed by atoms with Crippen LogP contribution in [0.15, 0.2) is 18.2 Å². The van der Waals surface area contributed by atoms with Crippen molar-refractivity contribution in [2.75, 3.05) is 13.2 Å². The number of hydrogen-bond donors (Lipinski definition) is 1. The second-order valence-electron chi connectivity index (χ2n) is 4.45. The fourth-order valence-corrected chi connectivity index (χ4v) is 1.94. The Bertz CT molecular complexity index is 377. The lowest BCUT2D eigenvalue weighted by atomic mass is 10.0. The van der Waals surface area contributed by atoms with Crippen LogP contribution < -0.4 is 5.32 Å². The molecular formula is C12H15ClFNO. The van der Waals surface area contributed by atoms with Crippen molar-refractivity contribution in [3.8, 4) is 0 Å². The van der Waals surface area contributed by atoms with E-state index in [2.05, 4.69) is 12.2 Å². The molecule has 88 valence electrons. The van der Waals surface area contributed by atoms with Gasteiger partial charge in [-0.05, 0) is 25.5 Å². The maximum Gasteiger partial charge on any atom is 0.129 e. The van der Waals surface area contributed by atoms with E-state index in [0.29, 0.717) is 23.7 Å². The van der Waals surface area contributed by atoms with Gasteiger partial charge in [-0.2, -0.15) is 0 Å². The molecule has 0 radical (unpaired) electrons. The Kier molecular flexibility index (Phi) is 3.47. The van der Waals surface area contributed by atoms with Crippen molar-refractivity contribution in [1.82, 2.24) is 5.32 Å². The highest BCUT2D eigenvalue weighted by Gasteiger charge is 2.28. The Labute approximate surface area is 99.7 Å². The third kappa shape index (κ3) is 2.73. The summed E-state index contributed by atoms with van der Waals surface area (Å²) in [4.78, 5) is 0. The number of halogens is 2. The van der Waals surface area contributed by atoms with Gasteiger partial charge in [0, 0.05) is 29.3 Å². The summed E-state index contributed by atoms with van der Waals surface area (Å²) in [6, 6.07) is 4.75. The van der Waals surface area contributed by atoms with Crippen LogP contribution >= 0.6 is 11.6 Å². The van der Waals surface area contributed by atoms with E-state index in [4.69, 9.17) is 16.3 Å². The lowest BCUT2D eigenvalue weighted by Gasteiger charge is -2.23. The normalized spacial score (nSPS) is 24.9. The van der Waals surface area contributed by atoms with Gasteiger partial charge in [0.15, 0.2) is 0 Å². The Morgan fingerprint density at radius 2 is 2.38 bits per heavy atom. The SMILES string of the molecule is CC1(NCc2ccc(Cl)cc2F)CCOC1. The number of nitrogens with one attached hydrogen (secondary N) is 1. The summed E-state index contributed by atoms with van der Waals surface area (Å²) in [5.41, 5.74) is 0.601. The highest BCUT2D eigenvalue weighted by atomic mass is 35.5. The molecule has 0 spiro atoms. The third-order valence-corrected chi connectivity index (χ3v) is 3.17. The summed E-state index contributed by atoms with van der Waals surface area (Å²) in [7, 11) is 0. The minimum Gasteiger partial charge on any atom is -0.379 e. The molecule has 0 bridgehead atoms. The predicted molar refractivity (Wildman–Crippen MR) is 62.1 cm³/mol. The highest BCUT2D eigenvalue weighted by Crippen LogP contribution is 2.20. The smallest absolute Gasteiger partial charge is 0.129 e. The van der Waals surface area contributed by atoms with Gasteiger partial charge >= 0.3 is 0 Å². The first-order valence-electron chi connectivity index (χ1n) is 5.36. The molecule has 1 fully saturated rings. The van der Waals surface area contributed by atoms with Crippen LogP contribution in [0.1, 0.15) is 18.9 Å². The van der Waals surface area contributed by atoms with Gasteiger partial charge in [0.05, 0.1) is 6.61 Å². The summed E-state index contributed by atoms with van der Waals surface area (Å²) in [5.74, 6) is -0.262. The molecule has 1 heterocycles. The zero-order valence-corrected chi connectivity index (χ0v) is 9.98. The highest BCUT2D eigenvalue weighted by molar-refractivity contribution is 6.30. The van der Waals surface area contributed by atoms with Gasteiger partial charge in [-0.25, -0.2) is 4.39 Å². The summed E-state index contributed by atoms with van der Waals surface area (Å²) in [6.45, 7) is 4.05. The Hall–Kier alpha value is -0.640. The monoisotopic (exact) mass is 243 g/mol. The molecule has 1 aliphatic rings. The van der Waals surface area contributed by atoms with E-state index in [-0.39, 0.29) is 11.4 Å². The molecule has 1 saturated heterocycles. The minimum absolute atomic E-state index is 0.0356. The van der Waals surface area contributed by atoms with Crippen molar-refractivity contribution in [2.24, 2.45) is 0 Å². The molecule has 0 amide bonds. The summed E-state index contributed by atoms with van der Waals surface area (Å²) < 4.78 is 18.8. The summed E-state index contributed by atoms with van der Waals surface area (Å²) in [5, 5.41) is 3.75. The molecule has 0 saturated carbocycles. The van der Waals surface area contributed by atoms with Crippen LogP contribution in [0.5, 0.6) is 0 Å². The summed E-state index contributed by atoms with van der Waals surface area (Å²) >= 11 is 5.69. The van der Waals surface area contributed by atoms with Crippen LogP contribution in [0.2, 0.25) is 5.02 Å². The third-order valence-electron chi connectivity index (χ3n) is 2.94. The van der Waals surface area contributed by atoms with Gasteiger partial charge in [0.1, 0.15) is 5.82 Å². The fraction of sp³-hybridized carbons (Fsp3) is 0.500. The zero-order valence-electron chi connectivity index (χ0n) is 9.22. The lowest BCUT2D eigenvalue weighted by molar-refractivity contribution is 0.171. The first-order chi connectivity index (χ1) is 7.59. The van der Waals surface area contributed by atoms with E-state index < -0.39 is 0 Å². The first-order valence-corrected chi connectivity index (χ1v) is 5.74. The number of ether oxygens (including phenoxy) is 1. The number of rotatable bonds is 3. The van der Waals surface area contributed by atoms with E-state index in [1.807, 2.05) is 0 Å². The van der Waals surface area contributed by atoms with Crippen molar-refractivity contribution >= 4 is 11.6 Å². The second kappa shape index (κ2) is 4.70. The standard InChI is InChI=1S/C12H15ClFNO/c1-12(4-5-16-8-12)15-7-9-2-3-10(13)6-11(9)14/h2-3,6,15H,4-5,7-8H2,1H3. The van der Waals surface area contributed by atoms with E-state index in [1.165, 1.54) is 6.07 Å². The maximum absolute atomic E-state index is 13.5. The Morgan fingerprint density at radius 3 is 3.00 bits per heavy atom. The molecule has 1 aromatic carbocycles. The van der Waals surface area contributed by atoms with Crippen LogP contribution in [-0.4, -0.2) is 18.8 Å². The zero-order chi connectivity index (χ0) is 11.6. The van der Waals surface area contributed by atoms with Crippen molar-refractivity contribution in [1.29, 1.82) is 0 Å². The van der Waals surface area contributed by atoms with E-state index in [1.54, 1.807) is 12.1 Å². The average molecular weight is 244 g/mol. The number of hydrogen-bond acceptors (Lipinski definition) is 2. The van der Waals surface area contributed by atoms with Crippen LogP contribution in [0, 0.1) is 5.82 Å². The summed E-state index contributed by atoms with van der Waals surface area (Å²) in [6.07, 6.45) is 0.961. The molecule has 1 unspecified atom stereocenters. The van der Waals surface area contributed by atoms with E-state index >= 15 is 0 Å². The van der Waals surface area contributed by atoms with Crippen molar-refractivity contribution < 1.29 is 9.13 Å². The van der Waals surface area contributed by atoms with E-state index in [0.717, 1.165) is 13.0 Å². The molecule has 0 aromatic heterocycles. The molecule has 0 aliphatic carbocycles. The first kappa shape index (κ1) is 11.8. The number of benzene rings is 1. The molecular weight excluding hydrogens is 229 g/mol. The molecule has 2 rings (SSSR count). The van der Waals surface area contributed by atoms with Crippen LogP contribution in [0.25, 0.3) is 0 Å².